The lowest BCUT2D eigenvalue weighted by molar-refractivity contribution is -0.161. The number of hydrogen-bond acceptors (Lipinski definition) is 13. The van der Waals surface area contributed by atoms with Gasteiger partial charge in [-0.3, -0.25) is 23.2 Å². The van der Waals surface area contributed by atoms with E-state index in [-0.39, 0.29) is 38.3 Å². The number of ether oxygens (including phenoxy) is 3. The maximum Gasteiger partial charge on any atom is 0.472 e. The third kappa shape index (κ3) is 19.8. The van der Waals surface area contributed by atoms with E-state index in [1.165, 1.54) is 107 Å². The van der Waals surface area contributed by atoms with Crippen molar-refractivity contribution in [3.63, 3.8) is 0 Å². The number of fused-ring (bicyclic) bond motifs is 1. The molecule has 3 heterocycles. The van der Waals surface area contributed by atoms with Crippen LogP contribution in [0.3, 0.4) is 0 Å². The van der Waals surface area contributed by atoms with Crippen molar-refractivity contribution in [2.75, 3.05) is 25.6 Å². The molecule has 1 aliphatic rings. The average molecular weight is 826 g/mol. The van der Waals surface area contributed by atoms with Gasteiger partial charge in [-0.05, 0) is 12.8 Å². The first kappa shape index (κ1) is 48.7. The fourth-order valence-corrected chi connectivity index (χ4v) is 8.04. The minimum absolute atomic E-state index is 0.0589. The van der Waals surface area contributed by atoms with E-state index in [9.17, 15) is 24.2 Å². The summed E-state index contributed by atoms with van der Waals surface area (Å²) in [4.78, 5) is 48.7. The predicted molar refractivity (Wildman–Crippen MR) is 219 cm³/mol. The van der Waals surface area contributed by atoms with Gasteiger partial charge in [-0.25, -0.2) is 19.5 Å². The van der Waals surface area contributed by atoms with E-state index in [2.05, 4.69) is 28.8 Å². The molecule has 4 N–H and O–H groups in total. The molecule has 0 aliphatic carbocycles. The number of aliphatic hydroxyl groups excluding tert-OH is 1. The van der Waals surface area contributed by atoms with Gasteiger partial charge in [-0.2, -0.15) is 0 Å². The molecule has 5 atom stereocenters. The largest absolute Gasteiger partial charge is 0.472 e. The molecule has 15 nitrogen and oxygen atoms in total. The molecule has 1 aliphatic heterocycles. The molecule has 0 radical (unpaired) electrons. The number of nitrogens with zero attached hydrogens (tertiary/aromatic N) is 4. The lowest BCUT2D eigenvalue weighted by Crippen LogP contribution is -2.30. The second-order valence-electron chi connectivity index (χ2n) is 15.4. The number of aliphatic hydroxyl groups is 1. The normalized spacial score (nSPS) is 18.5. The van der Waals surface area contributed by atoms with E-state index >= 15 is 0 Å². The SMILES string of the molecule is CCCCCCCCCCCCCC(=O)OCC(COP(=O)(O)O[C@@H]1C[C@@H](CO)O[C@H]1n1cnc2c(N)ncnc21)OC(=O)CCCCCCCCCCCCC. The highest BCUT2D eigenvalue weighted by Gasteiger charge is 2.43. The summed E-state index contributed by atoms with van der Waals surface area (Å²) in [7, 11) is -4.81. The average Bonchev–Trinajstić information content (AvgIpc) is 3.81. The smallest absolute Gasteiger partial charge is 0.462 e. The summed E-state index contributed by atoms with van der Waals surface area (Å²) in [6.07, 6.45) is 24.6. The number of nitrogen functional groups attached to an aromatic ring is 1. The lowest BCUT2D eigenvalue weighted by Gasteiger charge is -2.24. The number of imidazole rings is 1. The summed E-state index contributed by atoms with van der Waals surface area (Å²) in [6.45, 7) is 3.20. The Morgan fingerprint density at radius 2 is 1.33 bits per heavy atom. The van der Waals surface area contributed by atoms with Crippen molar-refractivity contribution in [3.8, 4) is 0 Å². The summed E-state index contributed by atoms with van der Waals surface area (Å²) in [5, 5.41) is 9.82. The number of phosphoric acid groups is 1. The van der Waals surface area contributed by atoms with Crippen LogP contribution in [-0.4, -0.2) is 79.6 Å². The Morgan fingerprint density at radius 1 is 0.807 bits per heavy atom. The first-order chi connectivity index (χ1) is 27.7. The number of anilines is 1. The molecule has 0 aromatic carbocycles. The Morgan fingerprint density at radius 3 is 1.88 bits per heavy atom. The van der Waals surface area contributed by atoms with Crippen LogP contribution in [-0.2, 0) is 37.4 Å². The topological polar surface area (TPSA) is 207 Å². The van der Waals surface area contributed by atoms with Crippen molar-refractivity contribution in [2.45, 2.75) is 199 Å². The minimum Gasteiger partial charge on any atom is -0.462 e. The summed E-state index contributed by atoms with van der Waals surface area (Å²) in [5.74, 6) is -0.788. The van der Waals surface area contributed by atoms with Gasteiger partial charge in [0.15, 0.2) is 23.8 Å². The van der Waals surface area contributed by atoms with Gasteiger partial charge in [0, 0.05) is 19.3 Å². The van der Waals surface area contributed by atoms with Crippen LogP contribution in [0, 0.1) is 0 Å². The van der Waals surface area contributed by atoms with E-state index in [1.54, 1.807) is 0 Å². The number of esters is 2. The molecular weight excluding hydrogens is 753 g/mol. The van der Waals surface area contributed by atoms with E-state index in [0.29, 0.717) is 24.0 Å². The van der Waals surface area contributed by atoms with Crippen LogP contribution in [0.4, 0.5) is 5.82 Å². The first-order valence-electron chi connectivity index (χ1n) is 21.9. The number of unbranched alkanes of at least 4 members (excludes halogenated alkanes) is 20. The van der Waals surface area contributed by atoms with Crippen LogP contribution in [0.1, 0.15) is 181 Å². The zero-order valence-electron chi connectivity index (χ0n) is 34.7. The van der Waals surface area contributed by atoms with Crippen LogP contribution in [0.25, 0.3) is 11.2 Å². The molecule has 0 amide bonds. The van der Waals surface area contributed by atoms with Crippen LogP contribution < -0.4 is 5.73 Å². The molecule has 2 aromatic rings. The second kappa shape index (κ2) is 28.7. The highest BCUT2D eigenvalue weighted by molar-refractivity contribution is 7.47. The molecule has 57 heavy (non-hydrogen) atoms. The van der Waals surface area contributed by atoms with Gasteiger partial charge < -0.3 is 29.9 Å². The van der Waals surface area contributed by atoms with Crippen LogP contribution in [0.15, 0.2) is 12.7 Å². The Bertz CT molecular complexity index is 1450. The monoisotopic (exact) mass is 826 g/mol. The highest BCUT2D eigenvalue weighted by atomic mass is 31.2. The molecule has 2 unspecified atom stereocenters. The van der Waals surface area contributed by atoms with Gasteiger partial charge >= 0.3 is 19.8 Å². The minimum atomic E-state index is -4.81. The Balaban J connectivity index is 1.48. The summed E-state index contributed by atoms with van der Waals surface area (Å²) in [5.41, 5.74) is 6.55. The van der Waals surface area contributed by atoms with E-state index in [1.807, 2.05) is 0 Å². The third-order valence-corrected chi connectivity index (χ3v) is 11.4. The Kier molecular flexibility index (Phi) is 24.5. The fourth-order valence-electron chi connectivity index (χ4n) is 7.09. The van der Waals surface area contributed by atoms with E-state index in [4.69, 9.17) is 29.0 Å². The first-order valence-corrected chi connectivity index (χ1v) is 23.4. The van der Waals surface area contributed by atoms with E-state index < -0.39 is 50.9 Å². The van der Waals surface area contributed by atoms with Crippen molar-refractivity contribution in [3.05, 3.63) is 12.7 Å². The molecule has 16 heteroatoms. The third-order valence-electron chi connectivity index (χ3n) is 10.4. The number of carbonyl (C=O) groups excluding carboxylic acids is 2. The number of aromatic nitrogens is 4. The highest BCUT2D eigenvalue weighted by Crippen LogP contribution is 2.49. The van der Waals surface area contributed by atoms with Crippen molar-refractivity contribution in [1.29, 1.82) is 0 Å². The van der Waals surface area contributed by atoms with E-state index in [0.717, 1.165) is 38.5 Å². The van der Waals surface area contributed by atoms with Gasteiger partial charge in [0.25, 0.3) is 0 Å². The molecule has 0 saturated carbocycles. The predicted octanol–water partition coefficient (Wildman–Crippen LogP) is 9.05. The summed E-state index contributed by atoms with van der Waals surface area (Å²) in [6, 6.07) is 0. The Hall–Kier alpha value is -2.68. The second-order valence-corrected chi connectivity index (χ2v) is 16.8. The van der Waals surface area contributed by atoms with Crippen LogP contribution in [0.5, 0.6) is 0 Å². The quantitative estimate of drug-likeness (QED) is 0.0342. The zero-order chi connectivity index (χ0) is 41.1. The van der Waals surface area contributed by atoms with Crippen molar-refractivity contribution >= 4 is 36.7 Å². The Labute approximate surface area is 340 Å². The molecule has 3 rings (SSSR count). The van der Waals surface area contributed by atoms with Gasteiger partial charge in [0.1, 0.15) is 24.6 Å². The molecule has 0 bridgehead atoms. The molecule has 1 fully saturated rings. The number of rotatable bonds is 34. The van der Waals surface area contributed by atoms with Gasteiger partial charge in [0.2, 0.25) is 0 Å². The molecular formula is C41H72N5O10P. The maximum atomic E-state index is 13.3. The molecule has 2 aromatic heterocycles. The van der Waals surface area contributed by atoms with Crippen molar-refractivity contribution in [1.82, 2.24) is 19.5 Å². The maximum absolute atomic E-state index is 13.3. The van der Waals surface area contributed by atoms with Gasteiger partial charge in [0.05, 0.1) is 25.6 Å². The standard InChI is InChI=1S/C41H72N5O10P/c1-3-5-7-9-11-13-15-17-19-21-23-25-36(48)52-29-34(54-37(49)26-24-22-20-18-16-14-12-10-8-6-4-2)30-53-57(50,51)56-35-27-33(28-47)55-41(35)46-32-45-38-39(42)43-31-44-40(38)46/h31-35,41,47H,3-30H2,1-2H3,(H,50,51)(H2,42,43,44)/t33-,34?,35+,41+/m0/s1. The van der Waals surface area contributed by atoms with Crippen LogP contribution >= 0.6 is 7.82 Å². The number of carbonyl (C=O) groups is 2. The summed E-state index contributed by atoms with van der Waals surface area (Å²) >= 11 is 0. The van der Waals surface area contributed by atoms with Crippen molar-refractivity contribution in [2.24, 2.45) is 0 Å². The molecule has 1 saturated heterocycles. The van der Waals surface area contributed by atoms with Crippen LogP contribution in [0.2, 0.25) is 0 Å². The van der Waals surface area contributed by atoms with Crippen molar-refractivity contribution < 1.29 is 47.4 Å². The molecule has 0 spiro atoms. The van der Waals surface area contributed by atoms with Gasteiger partial charge in [-0.15, -0.1) is 0 Å². The number of nitrogens with two attached hydrogens (primary N) is 1. The summed E-state index contributed by atoms with van der Waals surface area (Å²) < 4.78 is 42.7. The number of hydrogen-bond donors (Lipinski definition) is 3. The van der Waals surface area contributed by atoms with Gasteiger partial charge in [-0.1, -0.05) is 142 Å². The number of phosphoric ester groups is 1. The lowest BCUT2D eigenvalue weighted by atomic mass is 10.1. The fraction of sp³-hybridized carbons (Fsp3) is 0.829. The zero-order valence-corrected chi connectivity index (χ0v) is 35.6. The molecule has 326 valence electrons.